The van der Waals surface area contributed by atoms with E-state index in [9.17, 15) is 0 Å². The number of hydrogen-bond donors (Lipinski definition) is 2. The largest absolute Gasteiger partial charge is 0.493 e. The van der Waals surface area contributed by atoms with Gasteiger partial charge in [-0.3, -0.25) is 0 Å². The molecule has 118 valence electrons. The van der Waals surface area contributed by atoms with Gasteiger partial charge in [0.15, 0.2) is 11.5 Å². The highest BCUT2D eigenvalue weighted by molar-refractivity contribution is 5.42. The standard InChI is InChI=1S/C17H28N2O2/c1-20-16-8-5-13(11-17(16)21-2)9-10-19-12-14-3-6-15(18)7-4-14/h5,8,11,14-15,19H,3-4,6-7,9-10,12,18H2,1-2H3/t14-,15-. The van der Waals surface area contributed by atoms with Crippen LogP contribution in [0.3, 0.4) is 0 Å². The van der Waals surface area contributed by atoms with Gasteiger partial charge in [-0.05, 0) is 68.8 Å². The fourth-order valence-electron chi connectivity index (χ4n) is 2.97. The molecule has 4 heteroatoms. The third-order valence-electron chi connectivity index (χ3n) is 4.36. The number of nitrogens with one attached hydrogen (secondary N) is 1. The highest BCUT2D eigenvalue weighted by Crippen LogP contribution is 2.27. The highest BCUT2D eigenvalue weighted by atomic mass is 16.5. The van der Waals surface area contributed by atoms with Gasteiger partial charge in [-0.25, -0.2) is 0 Å². The Morgan fingerprint density at radius 3 is 2.48 bits per heavy atom. The number of ether oxygens (including phenoxy) is 2. The predicted molar refractivity (Wildman–Crippen MR) is 86.1 cm³/mol. The first-order valence-corrected chi connectivity index (χ1v) is 7.90. The molecule has 0 unspecified atom stereocenters. The fourth-order valence-corrected chi connectivity index (χ4v) is 2.97. The third kappa shape index (κ3) is 4.90. The monoisotopic (exact) mass is 292 g/mol. The van der Waals surface area contributed by atoms with Crippen molar-refractivity contribution in [2.24, 2.45) is 11.7 Å². The molecule has 3 N–H and O–H groups in total. The van der Waals surface area contributed by atoms with Gasteiger partial charge in [-0.2, -0.15) is 0 Å². The second-order valence-electron chi connectivity index (χ2n) is 5.92. The number of benzene rings is 1. The summed E-state index contributed by atoms with van der Waals surface area (Å²) in [5.41, 5.74) is 7.21. The van der Waals surface area contributed by atoms with E-state index in [1.807, 2.05) is 6.07 Å². The van der Waals surface area contributed by atoms with E-state index in [4.69, 9.17) is 15.2 Å². The maximum Gasteiger partial charge on any atom is 0.160 e. The summed E-state index contributed by atoms with van der Waals surface area (Å²) < 4.78 is 10.6. The Labute approximate surface area is 128 Å². The summed E-state index contributed by atoms with van der Waals surface area (Å²) >= 11 is 0. The van der Waals surface area contributed by atoms with E-state index in [1.165, 1.54) is 31.2 Å². The molecular formula is C17H28N2O2. The normalized spacial score (nSPS) is 22.0. The Balaban J connectivity index is 1.71. The van der Waals surface area contributed by atoms with Crippen molar-refractivity contribution in [3.63, 3.8) is 0 Å². The average molecular weight is 292 g/mol. The van der Waals surface area contributed by atoms with Gasteiger partial charge in [-0.1, -0.05) is 6.07 Å². The molecule has 1 saturated carbocycles. The quantitative estimate of drug-likeness (QED) is 0.758. The van der Waals surface area contributed by atoms with Gasteiger partial charge in [0.25, 0.3) is 0 Å². The number of methoxy groups -OCH3 is 2. The number of nitrogens with two attached hydrogens (primary N) is 1. The van der Waals surface area contributed by atoms with Crippen LogP contribution in [0.5, 0.6) is 11.5 Å². The molecular weight excluding hydrogens is 264 g/mol. The summed E-state index contributed by atoms with van der Waals surface area (Å²) in [5, 5.41) is 3.57. The lowest BCUT2D eigenvalue weighted by Gasteiger charge is -2.26. The first-order chi connectivity index (χ1) is 10.2. The SMILES string of the molecule is COc1ccc(CCNC[C@H]2CC[C@H](N)CC2)cc1OC. The topological polar surface area (TPSA) is 56.5 Å². The highest BCUT2D eigenvalue weighted by Gasteiger charge is 2.17. The molecule has 0 saturated heterocycles. The summed E-state index contributed by atoms with van der Waals surface area (Å²) in [4.78, 5) is 0. The van der Waals surface area contributed by atoms with Crippen LogP contribution in [0, 0.1) is 5.92 Å². The molecule has 0 aliphatic heterocycles. The molecule has 0 amide bonds. The van der Waals surface area contributed by atoms with Crippen LogP contribution >= 0.6 is 0 Å². The molecule has 0 radical (unpaired) electrons. The van der Waals surface area contributed by atoms with E-state index in [1.54, 1.807) is 14.2 Å². The Hall–Kier alpha value is -1.26. The van der Waals surface area contributed by atoms with E-state index >= 15 is 0 Å². The van der Waals surface area contributed by atoms with Crippen LogP contribution in [-0.4, -0.2) is 33.4 Å². The minimum atomic E-state index is 0.438. The molecule has 0 spiro atoms. The maximum atomic E-state index is 5.94. The molecule has 21 heavy (non-hydrogen) atoms. The van der Waals surface area contributed by atoms with Crippen molar-refractivity contribution in [3.8, 4) is 11.5 Å². The molecule has 1 fully saturated rings. The van der Waals surface area contributed by atoms with Crippen molar-refractivity contribution in [2.45, 2.75) is 38.1 Å². The van der Waals surface area contributed by atoms with Crippen molar-refractivity contribution in [3.05, 3.63) is 23.8 Å². The Morgan fingerprint density at radius 1 is 1.10 bits per heavy atom. The zero-order chi connectivity index (χ0) is 15.1. The van der Waals surface area contributed by atoms with Gasteiger partial charge in [0.1, 0.15) is 0 Å². The summed E-state index contributed by atoms with van der Waals surface area (Å²) in [6.07, 6.45) is 5.91. The molecule has 4 nitrogen and oxygen atoms in total. The van der Waals surface area contributed by atoms with Crippen molar-refractivity contribution < 1.29 is 9.47 Å². The number of hydrogen-bond acceptors (Lipinski definition) is 4. The second-order valence-corrected chi connectivity index (χ2v) is 5.92. The van der Waals surface area contributed by atoms with Crippen molar-refractivity contribution >= 4 is 0 Å². The molecule has 1 aromatic carbocycles. The number of rotatable bonds is 7. The minimum absolute atomic E-state index is 0.438. The summed E-state index contributed by atoms with van der Waals surface area (Å²) in [7, 11) is 3.34. The lowest BCUT2D eigenvalue weighted by Crippen LogP contribution is -2.32. The van der Waals surface area contributed by atoms with E-state index in [0.29, 0.717) is 6.04 Å². The molecule has 2 rings (SSSR count). The molecule has 0 atom stereocenters. The van der Waals surface area contributed by atoms with E-state index in [-0.39, 0.29) is 0 Å². The van der Waals surface area contributed by atoms with Crippen LogP contribution < -0.4 is 20.5 Å². The van der Waals surface area contributed by atoms with E-state index in [0.717, 1.165) is 36.9 Å². The molecule has 1 aromatic rings. The summed E-state index contributed by atoms with van der Waals surface area (Å²) in [5.74, 6) is 2.39. The molecule has 1 aliphatic carbocycles. The Morgan fingerprint density at radius 2 is 1.81 bits per heavy atom. The molecule has 1 aliphatic rings. The minimum Gasteiger partial charge on any atom is -0.493 e. The van der Waals surface area contributed by atoms with Gasteiger partial charge in [-0.15, -0.1) is 0 Å². The second kappa shape index (κ2) is 8.25. The van der Waals surface area contributed by atoms with Crippen molar-refractivity contribution in [1.29, 1.82) is 0 Å². The van der Waals surface area contributed by atoms with Crippen LogP contribution in [0.2, 0.25) is 0 Å². The van der Waals surface area contributed by atoms with Crippen LogP contribution in [0.4, 0.5) is 0 Å². The zero-order valence-corrected chi connectivity index (χ0v) is 13.2. The maximum absolute atomic E-state index is 5.94. The lowest BCUT2D eigenvalue weighted by atomic mass is 9.86. The van der Waals surface area contributed by atoms with Crippen LogP contribution in [-0.2, 0) is 6.42 Å². The van der Waals surface area contributed by atoms with Crippen molar-refractivity contribution in [1.82, 2.24) is 5.32 Å². The summed E-state index contributed by atoms with van der Waals surface area (Å²) in [6, 6.07) is 6.56. The van der Waals surface area contributed by atoms with Gasteiger partial charge >= 0.3 is 0 Å². The van der Waals surface area contributed by atoms with Gasteiger partial charge < -0.3 is 20.5 Å². The smallest absolute Gasteiger partial charge is 0.160 e. The average Bonchev–Trinajstić information content (AvgIpc) is 2.53. The van der Waals surface area contributed by atoms with Crippen LogP contribution in [0.25, 0.3) is 0 Å². The van der Waals surface area contributed by atoms with Crippen LogP contribution in [0.15, 0.2) is 18.2 Å². The van der Waals surface area contributed by atoms with Crippen LogP contribution in [0.1, 0.15) is 31.2 Å². The molecule has 0 bridgehead atoms. The molecule has 0 aromatic heterocycles. The lowest BCUT2D eigenvalue weighted by molar-refractivity contribution is 0.315. The van der Waals surface area contributed by atoms with E-state index in [2.05, 4.69) is 17.4 Å². The van der Waals surface area contributed by atoms with Gasteiger partial charge in [0.2, 0.25) is 0 Å². The first-order valence-electron chi connectivity index (χ1n) is 7.90. The van der Waals surface area contributed by atoms with Crippen molar-refractivity contribution in [2.75, 3.05) is 27.3 Å². The summed E-state index contributed by atoms with van der Waals surface area (Å²) in [6.45, 7) is 2.11. The van der Waals surface area contributed by atoms with E-state index < -0.39 is 0 Å². The van der Waals surface area contributed by atoms with Gasteiger partial charge in [0.05, 0.1) is 14.2 Å². The zero-order valence-electron chi connectivity index (χ0n) is 13.2. The third-order valence-corrected chi connectivity index (χ3v) is 4.36. The Bertz CT molecular complexity index is 429. The molecule has 0 heterocycles. The fraction of sp³-hybridized carbons (Fsp3) is 0.647. The first kappa shape index (κ1) is 16.1. The Kier molecular flexibility index (Phi) is 6.33. The predicted octanol–water partition coefficient (Wildman–Crippen LogP) is 2.35. The van der Waals surface area contributed by atoms with Gasteiger partial charge in [0, 0.05) is 6.04 Å².